The zero-order valence-corrected chi connectivity index (χ0v) is 8.27. The number of hydrogen-bond donors (Lipinski definition) is 3. The van der Waals surface area contributed by atoms with Crippen molar-refractivity contribution in [1.82, 2.24) is 0 Å². The van der Waals surface area contributed by atoms with Crippen molar-refractivity contribution < 1.29 is 14.9 Å². The van der Waals surface area contributed by atoms with Gasteiger partial charge >= 0.3 is 0 Å². The number of aliphatic hydroxyl groups excluding tert-OH is 1. The van der Waals surface area contributed by atoms with Gasteiger partial charge in [-0.25, -0.2) is 0 Å². The Labute approximate surface area is 75.0 Å². The fourth-order valence-corrected chi connectivity index (χ4v) is 1.91. The van der Waals surface area contributed by atoms with Gasteiger partial charge in [0.2, 0.25) is 0 Å². The summed E-state index contributed by atoms with van der Waals surface area (Å²) < 4.78 is 0. The number of rotatable bonds is 3. The van der Waals surface area contributed by atoms with E-state index in [2.05, 4.69) is 13.8 Å². The first kappa shape index (κ1) is 9.96. The normalized spacial score (nSPS) is 31.0. The number of nitrogens with one attached hydrogen (secondary N) is 2. The molecule has 3 N–H and O–H groups in total. The molecule has 0 saturated carbocycles. The van der Waals surface area contributed by atoms with Crippen LogP contribution in [0.3, 0.4) is 0 Å². The van der Waals surface area contributed by atoms with Gasteiger partial charge in [-0.1, -0.05) is 0 Å². The molecule has 0 aliphatic carbocycles. The molecule has 1 heterocycles. The molecule has 1 aliphatic rings. The monoisotopic (exact) mass is 174 g/mol. The number of quaternary nitrogens is 2. The molecule has 72 valence electrons. The smallest absolute Gasteiger partial charge is 0.127 e. The Morgan fingerprint density at radius 3 is 2.17 bits per heavy atom. The van der Waals surface area contributed by atoms with Crippen molar-refractivity contribution in [3.63, 3.8) is 0 Å². The molecule has 1 fully saturated rings. The van der Waals surface area contributed by atoms with Crippen LogP contribution in [0.5, 0.6) is 0 Å². The highest BCUT2D eigenvalue weighted by Crippen LogP contribution is 1.69. The van der Waals surface area contributed by atoms with Crippen LogP contribution in [0.1, 0.15) is 13.8 Å². The Morgan fingerprint density at radius 2 is 1.75 bits per heavy atom. The molecule has 0 unspecified atom stereocenters. The van der Waals surface area contributed by atoms with E-state index in [9.17, 15) is 0 Å². The summed E-state index contributed by atoms with van der Waals surface area (Å²) in [6.45, 7) is 10.8. The topological polar surface area (TPSA) is 29.1 Å². The number of piperazine rings is 1. The predicted molar refractivity (Wildman–Crippen MR) is 48.5 cm³/mol. The van der Waals surface area contributed by atoms with Crippen LogP contribution < -0.4 is 9.80 Å². The van der Waals surface area contributed by atoms with E-state index in [-0.39, 0.29) is 0 Å². The first-order valence-electron chi connectivity index (χ1n) is 5.03. The van der Waals surface area contributed by atoms with Gasteiger partial charge in [0.15, 0.2) is 0 Å². The fraction of sp³-hybridized carbons (Fsp3) is 1.00. The van der Waals surface area contributed by atoms with Crippen molar-refractivity contribution in [2.45, 2.75) is 19.9 Å². The van der Waals surface area contributed by atoms with Gasteiger partial charge in [-0.05, 0) is 13.8 Å². The minimum Gasteiger partial charge on any atom is -0.391 e. The van der Waals surface area contributed by atoms with Crippen LogP contribution >= 0.6 is 0 Å². The van der Waals surface area contributed by atoms with Gasteiger partial charge in [0.05, 0.1) is 12.6 Å². The van der Waals surface area contributed by atoms with Gasteiger partial charge in [-0.2, -0.15) is 0 Å². The molecule has 0 radical (unpaired) electrons. The van der Waals surface area contributed by atoms with E-state index in [0.29, 0.717) is 6.61 Å². The van der Waals surface area contributed by atoms with Crippen molar-refractivity contribution in [2.24, 2.45) is 0 Å². The standard InChI is InChI=1S/C9H20N2O/c1-9(2)11-5-3-10(4-6-11)7-8-12/h9,12H,3-8H2,1-2H3/p+2. The van der Waals surface area contributed by atoms with Crippen molar-refractivity contribution in [3.8, 4) is 0 Å². The molecule has 0 aromatic heterocycles. The van der Waals surface area contributed by atoms with Crippen molar-refractivity contribution in [1.29, 1.82) is 0 Å². The lowest BCUT2D eigenvalue weighted by Crippen LogP contribution is -3.29. The van der Waals surface area contributed by atoms with E-state index in [1.165, 1.54) is 26.2 Å². The summed E-state index contributed by atoms with van der Waals surface area (Å²) in [4.78, 5) is 3.29. The Bertz CT molecular complexity index is 120. The molecule has 1 rings (SSSR count). The molecule has 3 heteroatoms. The van der Waals surface area contributed by atoms with Crippen LogP contribution in [-0.2, 0) is 0 Å². The average Bonchev–Trinajstić information content (AvgIpc) is 2.06. The summed E-state index contributed by atoms with van der Waals surface area (Å²) in [6.07, 6.45) is 0. The van der Waals surface area contributed by atoms with Crippen LogP contribution in [0.15, 0.2) is 0 Å². The molecule has 0 spiro atoms. The van der Waals surface area contributed by atoms with Gasteiger partial charge < -0.3 is 14.9 Å². The molecule has 1 saturated heterocycles. The molecule has 0 bridgehead atoms. The second kappa shape index (κ2) is 4.80. The minimum absolute atomic E-state index is 0.340. The van der Waals surface area contributed by atoms with E-state index in [4.69, 9.17) is 5.11 Å². The molecule has 1 aliphatic heterocycles. The largest absolute Gasteiger partial charge is 0.391 e. The van der Waals surface area contributed by atoms with E-state index in [1.807, 2.05) is 0 Å². The second-order valence-electron chi connectivity index (χ2n) is 4.04. The molecular formula is C9H22N2O+2. The SMILES string of the molecule is CC(C)[NH+]1CC[NH+](CCO)CC1. The molecule has 0 amide bonds. The summed E-state index contributed by atoms with van der Waals surface area (Å²) in [5.74, 6) is 0. The van der Waals surface area contributed by atoms with Crippen LogP contribution in [0.25, 0.3) is 0 Å². The van der Waals surface area contributed by atoms with Crippen LogP contribution in [-0.4, -0.2) is 50.5 Å². The predicted octanol–water partition coefficient (Wildman–Crippen LogP) is -2.83. The van der Waals surface area contributed by atoms with Crippen LogP contribution in [0.2, 0.25) is 0 Å². The zero-order valence-electron chi connectivity index (χ0n) is 8.27. The molecule has 0 atom stereocenters. The second-order valence-corrected chi connectivity index (χ2v) is 4.04. The van der Waals surface area contributed by atoms with Gasteiger partial charge in [0.25, 0.3) is 0 Å². The Kier molecular flexibility index (Phi) is 3.98. The number of hydrogen-bond acceptors (Lipinski definition) is 1. The van der Waals surface area contributed by atoms with Crippen LogP contribution in [0, 0.1) is 0 Å². The lowest BCUT2D eigenvalue weighted by Gasteiger charge is -2.31. The first-order chi connectivity index (χ1) is 5.74. The fourth-order valence-electron chi connectivity index (χ4n) is 1.91. The van der Waals surface area contributed by atoms with Crippen molar-refractivity contribution in [3.05, 3.63) is 0 Å². The third-order valence-corrected chi connectivity index (χ3v) is 2.88. The molecule has 0 aromatic rings. The van der Waals surface area contributed by atoms with E-state index in [0.717, 1.165) is 12.6 Å². The van der Waals surface area contributed by atoms with Crippen LogP contribution in [0.4, 0.5) is 0 Å². The lowest BCUT2D eigenvalue weighted by molar-refractivity contribution is -1.02. The highest BCUT2D eigenvalue weighted by atomic mass is 16.3. The minimum atomic E-state index is 0.340. The Balaban J connectivity index is 2.20. The van der Waals surface area contributed by atoms with Crippen molar-refractivity contribution in [2.75, 3.05) is 39.3 Å². The third-order valence-electron chi connectivity index (χ3n) is 2.88. The van der Waals surface area contributed by atoms with Gasteiger partial charge in [0, 0.05) is 0 Å². The quantitative estimate of drug-likeness (QED) is 0.423. The molecule has 12 heavy (non-hydrogen) atoms. The van der Waals surface area contributed by atoms with E-state index < -0.39 is 0 Å². The first-order valence-corrected chi connectivity index (χ1v) is 5.03. The summed E-state index contributed by atoms with van der Waals surface area (Å²) in [5, 5.41) is 8.77. The summed E-state index contributed by atoms with van der Waals surface area (Å²) in [5.41, 5.74) is 0. The number of aliphatic hydroxyl groups is 1. The Hall–Kier alpha value is -0.120. The van der Waals surface area contributed by atoms with E-state index >= 15 is 0 Å². The highest BCUT2D eigenvalue weighted by Gasteiger charge is 2.23. The maximum Gasteiger partial charge on any atom is 0.127 e. The summed E-state index contributed by atoms with van der Waals surface area (Å²) in [7, 11) is 0. The molecular weight excluding hydrogens is 152 g/mol. The maximum atomic E-state index is 8.77. The van der Waals surface area contributed by atoms with E-state index in [1.54, 1.807) is 9.80 Å². The lowest BCUT2D eigenvalue weighted by atomic mass is 10.2. The van der Waals surface area contributed by atoms with Gasteiger partial charge in [-0.3, -0.25) is 0 Å². The van der Waals surface area contributed by atoms with Gasteiger partial charge in [0.1, 0.15) is 32.7 Å². The maximum absolute atomic E-state index is 8.77. The average molecular weight is 174 g/mol. The summed E-state index contributed by atoms with van der Waals surface area (Å²) in [6, 6.07) is 0.765. The third kappa shape index (κ3) is 2.73. The summed E-state index contributed by atoms with van der Waals surface area (Å²) >= 11 is 0. The zero-order chi connectivity index (χ0) is 8.97. The highest BCUT2D eigenvalue weighted by molar-refractivity contribution is 4.42. The van der Waals surface area contributed by atoms with Crippen molar-refractivity contribution >= 4 is 0 Å². The molecule has 3 nitrogen and oxygen atoms in total. The van der Waals surface area contributed by atoms with Gasteiger partial charge in [-0.15, -0.1) is 0 Å². The molecule has 0 aromatic carbocycles. The Morgan fingerprint density at radius 1 is 1.17 bits per heavy atom.